The van der Waals surface area contributed by atoms with Crippen LogP contribution in [-0.2, 0) is 0 Å². The molecule has 0 spiro atoms. The fourth-order valence-electron chi connectivity index (χ4n) is 4.25. The van der Waals surface area contributed by atoms with Crippen molar-refractivity contribution in [3.63, 3.8) is 0 Å². The maximum absolute atomic E-state index is 14.6. The van der Waals surface area contributed by atoms with E-state index in [9.17, 15) is 17.6 Å². The van der Waals surface area contributed by atoms with Gasteiger partial charge < -0.3 is 20.9 Å². The standard InChI is InChI=1S/C22H26F4N10/c1-35-8-7-16(22(25,26)11-35)31-21-32-20(29-12-2-3-12)18-13(6-9-36(18)34-21)14-4-5-15(33-27)19(30-14)28-10-17(23)24/h4-6,9,12,16-17,27H,2-3,7-8,10-11H2,1H3,(H,28,30)(H2,29,31,32,34)/t16-/m1/s1. The molecule has 10 nitrogen and oxygen atoms in total. The minimum Gasteiger partial charge on any atom is -0.365 e. The topological polar surface area (TPSA) is 119 Å². The molecule has 3 aromatic heterocycles. The van der Waals surface area contributed by atoms with E-state index < -0.39 is 24.9 Å². The number of rotatable bonds is 9. The summed E-state index contributed by atoms with van der Waals surface area (Å²) in [6, 6.07) is 4.00. The molecule has 0 bridgehead atoms. The van der Waals surface area contributed by atoms with Crippen molar-refractivity contribution in [2.45, 2.75) is 43.7 Å². The highest BCUT2D eigenvalue weighted by Crippen LogP contribution is 2.35. The lowest BCUT2D eigenvalue weighted by Gasteiger charge is -2.36. The molecule has 1 saturated heterocycles. The summed E-state index contributed by atoms with van der Waals surface area (Å²) in [6.45, 7) is -0.448. The van der Waals surface area contributed by atoms with Crippen LogP contribution in [0.4, 0.5) is 40.8 Å². The number of anilines is 3. The molecule has 1 aliphatic heterocycles. The first-order valence-corrected chi connectivity index (χ1v) is 11.6. The molecule has 192 valence electrons. The Morgan fingerprint density at radius 2 is 1.94 bits per heavy atom. The number of hydrogen-bond acceptors (Lipinski definition) is 9. The van der Waals surface area contributed by atoms with Gasteiger partial charge in [0.2, 0.25) is 5.95 Å². The van der Waals surface area contributed by atoms with Crippen LogP contribution < -0.4 is 16.0 Å². The third kappa shape index (κ3) is 5.03. The van der Waals surface area contributed by atoms with Gasteiger partial charge >= 0.3 is 0 Å². The Bertz CT molecular complexity index is 1260. The number of alkyl halides is 4. The first-order chi connectivity index (χ1) is 17.2. The molecule has 14 heteroatoms. The Hall–Kier alpha value is -3.55. The molecule has 0 aromatic carbocycles. The van der Waals surface area contributed by atoms with Crippen LogP contribution in [0.2, 0.25) is 0 Å². The van der Waals surface area contributed by atoms with Gasteiger partial charge in [0, 0.05) is 24.3 Å². The smallest absolute Gasteiger partial charge is 0.280 e. The van der Waals surface area contributed by atoms with Gasteiger partial charge in [-0.15, -0.1) is 5.10 Å². The Kier molecular flexibility index (Phi) is 6.36. The average molecular weight is 507 g/mol. The molecule has 2 fully saturated rings. The molecule has 4 heterocycles. The van der Waals surface area contributed by atoms with E-state index in [-0.39, 0.29) is 36.5 Å². The molecule has 1 aliphatic carbocycles. The van der Waals surface area contributed by atoms with Gasteiger partial charge in [-0.25, -0.2) is 32.6 Å². The monoisotopic (exact) mass is 506 g/mol. The van der Waals surface area contributed by atoms with Crippen molar-refractivity contribution in [2.24, 2.45) is 5.11 Å². The van der Waals surface area contributed by atoms with Gasteiger partial charge in [-0.3, -0.25) is 0 Å². The van der Waals surface area contributed by atoms with Crippen molar-refractivity contribution in [1.82, 2.24) is 24.5 Å². The Morgan fingerprint density at radius 1 is 1.14 bits per heavy atom. The Balaban J connectivity index is 1.51. The van der Waals surface area contributed by atoms with Crippen molar-refractivity contribution in [2.75, 3.05) is 42.6 Å². The summed E-state index contributed by atoms with van der Waals surface area (Å²) >= 11 is 0. The highest BCUT2D eigenvalue weighted by atomic mass is 19.3. The van der Waals surface area contributed by atoms with Crippen LogP contribution in [0.3, 0.4) is 0 Å². The van der Waals surface area contributed by atoms with Gasteiger partial charge in [0.1, 0.15) is 11.2 Å². The summed E-state index contributed by atoms with van der Waals surface area (Å²) in [5.41, 5.74) is 9.05. The van der Waals surface area contributed by atoms with E-state index in [0.717, 1.165) is 12.8 Å². The second-order valence-electron chi connectivity index (χ2n) is 9.16. The quantitative estimate of drug-likeness (QED) is 0.250. The zero-order chi connectivity index (χ0) is 25.4. The van der Waals surface area contributed by atoms with Crippen LogP contribution >= 0.6 is 0 Å². The highest BCUT2D eigenvalue weighted by molar-refractivity contribution is 5.88. The Labute approximate surface area is 204 Å². The second kappa shape index (κ2) is 9.48. The fraction of sp³-hybridized carbons (Fsp3) is 0.500. The first kappa shape index (κ1) is 24.2. The predicted octanol–water partition coefficient (Wildman–Crippen LogP) is 4.46. The third-order valence-corrected chi connectivity index (χ3v) is 6.22. The van der Waals surface area contributed by atoms with E-state index in [1.165, 1.54) is 6.07 Å². The van der Waals surface area contributed by atoms with Gasteiger partial charge in [-0.1, -0.05) is 0 Å². The molecule has 1 saturated carbocycles. The van der Waals surface area contributed by atoms with Crippen LogP contribution in [0.5, 0.6) is 0 Å². The van der Waals surface area contributed by atoms with Crippen LogP contribution in [0, 0.1) is 5.53 Å². The number of aromatic nitrogens is 4. The van der Waals surface area contributed by atoms with Crippen LogP contribution in [-0.4, -0.2) is 75.6 Å². The average Bonchev–Trinajstić information content (AvgIpc) is 3.54. The number of halogens is 4. The van der Waals surface area contributed by atoms with E-state index in [0.29, 0.717) is 29.1 Å². The minimum atomic E-state index is -2.94. The number of fused-ring (bicyclic) bond motifs is 1. The minimum absolute atomic E-state index is 0.0579. The van der Waals surface area contributed by atoms with Gasteiger partial charge in [-0.05, 0) is 44.5 Å². The van der Waals surface area contributed by atoms with Crippen molar-refractivity contribution in [1.29, 1.82) is 5.53 Å². The lowest BCUT2D eigenvalue weighted by atomic mass is 10.0. The van der Waals surface area contributed by atoms with Crippen molar-refractivity contribution >= 4 is 28.8 Å². The fourth-order valence-corrected chi connectivity index (χ4v) is 4.25. The molecule has 3 aromatic rings. The highest BCUT2D eigenvalue weighted by Gasteiger charge is 2.44. The number of likely N-dealkylation sites (tertiary alicyclic amines) is 1. The van der Waals surface area contributed by atoms with Gasteiger partial charge in [0.05, 0.1) is 24.8 Å². The number of piperidine rings is 1. The summed E-state index contributed by atoms with van der Waals surface area (Å²) in [5, 5.41) is 16.5. The number of nitrogens with one attached hydrogen (secondary N) is 4. The van der Waals surface area contributed by atoms with Gasteiger partial charge in [0.15, 0.2) is 11.6 Å². The molecule has 4 N–H and O–H groups in total. The Morgan fingerprint density at radius 3 is 2.64 bits per heavy atom. The molecule has 0 unspecified atom stereocenters. The predicted molar refractivity (Wildman–Crippen MR) is 127 cm³/mol. The lowest BCUT2D eigenvalue weighted by Crippen LogP contribution is -2.53. The van der Waals surface area contributed by atoms with Crippen molar-refractivity contribution < 1.29 is 17.6 Å². The molecule has 36 heavy (non-hydrogen) atoms. The van der Waals surface area contributed by atoms with Crippen LogP contribution in [0.1, 0.15) is 19.3 Å². The maximum Gasteiger partial charge on any atom is 0.280 e. The lowest BCUT2D eigenvalue weighted by molar-refractivity contribution is -0.0675. The number of nitrogens with zero attached hydrogens (tertiary/aromatic N) is 6. The van der Waals surface area contributed by atoms with Crippen LogP contribution in [0.15, 0.2) is 29.5 Å². The van der Waals surface area contributed by atoms with E-state index in [1.807, 2.05) is 0 Å². The van der Waals surface area contributed by atoms with Crippen molar-refractivity contribution in [3.05, 3.63) is 24.4 Å². The summed E-state index contributed by atoms with van der Waals surface area (Å²) in [7, 11) is 1.67. The number of pyridine rings is 1. The molecular formula is C22H26F4N10. The zero-order valence-corrected chi connectivity index (χ0v) is 19.5. The summed E-state index contributed by atoms with van der Waals surface area (Å²) in [6.07, 6.45) is 1.23. The molecular weight excluding hydrogens is 480 g/mol. The molecule has 0 amide bonds. The van der Waals surface area contributed by atoms with Gasteiger partial charge in [0.25, 0.3) is 12.3 Å². The first-order valence-electron chi connectivity index (χ1n) is 11.6. The largest absolute Gasteiger partial charge is 0.365 e. The summed E-state index contributed by atoms with van der Waals surface area (Å²) < 4.78 is 56.2. The van der Waals surface area contributed by atoms with E-state index >= 15 is 0 Å². The van der Waals surface area contributed by atoms with E-state index in [1.54, 1.807) is 34.8 Å². The summed E-state index contributed by atoms with van der Waals surface area (Å²) in [4.78, 5) is 10.5. The normalized spacial score (nSPS) is 20.0. The molecule has 0 radical (unpaired) electrons. The zero-order valence-electron chi connectivity index (χ0n) is 19.5. The maximum atomic E-state index is 14.6. The van der Waals surface area contributed by atoms with Crippen molar-refractivity contribution in [3.8, 4) is 11.3 Å². The molecule has 5 rings (SSSR count). The number of hydrogen-bond donors (Lipinski definition) is 4. The van der Waals surface area contributed by atoms with Crippen LogP contribution in [0.25, 0.3) is 16.8 Å². The van der Waals surface area contributed by atoms with E-state index in [2.05, 4.69) is 36.1 Å². The third-order valence-electron chi connectivity index (χ3n) is 6.22. The molecule has 1 atom stereocenters. The van der Waals surface area contributed by atoms with Gasteiger partial charge in [-0.2, -0.15) is 10.1 Å². The summed E-state index contributed by atoms with van der Waals surface area (Å²) in [5.74, 6) is -2.34. The second-order valence-corrected chi connectivity index (χ2v) is 9.16. The SMILES string of the molecule is CN1CC[C@@H](Nc2nc(NC3CC3)c3c(-c4ccc(N=N)c(NCC(F)F)n4)ccn3n2)C(F)(F)C1. The van der Waals surface area contributed by atoms with E-state index in [4.69, 9.17) is 5.53 Å². The molecule has 2 aliphatic rings.